The fourth-order valence-electron chi connectivity index (χ4n) is 1.27. The Morgan fingerprint density at radius 3 is 2.00 bits per heavy atom. The van der Waals surface area contributed by atoms with E-state index in [9.17, 15) is 13.2 Å². The van der Waals surface area contributed by atoms with Crippen molar-refractivity contribution in [3.8, 4) is 0 Å². The number of hydrogen-bond acceptors (Lipinski definition) is 3. The summed E-state index contributed by atoms with van der Waals surface area (Å²) >= 11 is 0. The largest absolute Gasteiger partial charge is 0.366 e. The highest BCUT2D eigenvalue weighted by Crippen LogP contribution is 2.21. The van der Waals surface area contributed by atoms with Crippen LogP contribution in [0.1, 0.15) is 19.4 Å². The Hall–Kier alpha value is -1.62. The van der Waals surface area contributed by atoms with E-state index in [1.54, 1.807) is 12.1 Å². The molecule has 0 bridgehead atoms. The Morgan fingerprint density at radius 1 is 1.12 bits per heavy atom. The SMILES string of the molecule is C/C(C(N)=O)=C(/C)S(=O)(=O)c1ccc(C)cc1. The summed E-state index contributed by atoms with van der Waals surface area (Å²) in [5.74, 6) is -0.724. The molecule has 92 valence electrons. The summed E-state index contributed by atoms with van der Waals surface area (Å²) in [6.07, 6.45) is 0. The van der Waals surface area contributed by atoms with Gasteiger partial charge >= 0.3 is 0 Å². The molecule has 0 aromatic heterocycles. The first-order valence-electron chi connectivity index (χ1n) is 5.06. The molecular formula is C12H15NO3S. The molecule has 0 fully saturated rings. The Balaban J connectivity index is 3.35. The zero-order valence-electron chi connectivity index (χ0n) is 10.0. The first-order chi connectivity index (χ1) is 7.76. The summed E-state index contributed by atoms with van der Waals surface area (Å²) in [6.45, 7) is 4.66. The van der Waals surface area contributed by atoms with E-state index in [-0.39, 0.29) is 15.4 Å². The number of benzene rings is 1. The van der Waals surface area contributed by atoms with Crippen LogP contribution in [0.4, 0.5) is 0 Å². The van der Waals surface area contributed by atoms with Gasteiger partial charge in [0.05, 0.1) is 9.80 Å². The van der Waals surface area contributed by atoms with Gasteiger partial charge in [0, 0.05) is 5.57 Å². The number of hydrogen-bond donors (Lipinski definition) is 1. The number of carbonyl (C=O) groups excluding carboxylic acids is 1. The highest BCUT2D eigenvalue weighted by Gasteiger charge is 2.20. The van der Waals surface area contributed by atoms with Gasteiger partial charge in [-0.05, 0) is 32.9 Å². The van der Waals surface area contributed by atoms with E-state index in [0.717, 1.165) is 5.56 Å². The lowest BCUT2D eigenvalue weighted by molar-refractivity contribution is -0.114. The van der Waals surface area contributed by atoms with Crippen LogP contribution in [0.25, 0.3) is 0 Å². The molecule has 0 spiro atoms. The minimum atomic E-state index is -3.62. The second-order valence-electron chi connectivity index (χ2n) is 3.86. The molecule has 0 radical (unpaired) electrons. The molecule has 0 unspecified atom stereocenters. The zero-order chi connectivity index (χ0) is 13.2. The highest BCUT2D eigenvalue weighted by molar-refractivity contribution is 7.95. The number of rotatable bonds is 3. The summed E-state index contributed by atoms with van der Waals surface area (Å²) in [7, 11) is -3.62. The van der Waals surface area contributed by atoms with Gasteiger partial charge in [0.2, 0.25) is 15.7 Å². The molecule has 0 aliphatic carbocycles. The van der Waals surface area contributed by atoms with Gasteiger partial charge < -0.3 is 5.73 Å². The second-order valence-corrected chi connectivity index (χ2v) is 5.95. The van der Waals surface area contributed by atoms with E-state index in [4.69, 9.17) is 5.73 Å². The maximum absolute atomic E-state index is 12.1. The van der Waals surface area contributed by atoms with Crippen molar-refractivity contribution in [2.45, 2.75) is 25.7 Å². The van der Waals surface area contributed by atoms with Gasteiger partial charge in [-0.3, -0.25) is 4.79 Å². The summed E-state index contributed by atoms with van der Waals surface area (Å²) in [6, 6.07) is 6.45. The molecule has 0 saturated carbocycles. The third kappa shape index (κ3) is 2.74. The fourth-order valence-corrected chi connectivity index (χ4v) is 2.62. The Bertz CT molecular complexity index is 568. The molecular weight excluding hydrogens is 238 g/mol. The summed E-state index contributed by atoms with van der Waals surface area (Å²) < 4.78 is 24.2. The number of amides is 1. The minimum absolute atomic E-state index is 0.00569. The van der Waals surface area contributed by atoms with Crippen LogP contribution >= 0.6 is 0 Å². The number of nitrogens with two attached hydrogens (primary N) is 1. The number of aryl methyl sites for hydroxylation is 1. The van der Waals surface area contributed by atoms with Crippen LogP contribution < -0.4 is 5.73 Å². The summed E-state index contributed by atoms with van der Waals surface area (Å²) in [5, 5.41) is 0. The molecule has 1 amide bonds. The molecule has 1 aromatic carbocycles. The lowest BCUT2D eigenvalue weighted by Crippen LogP contribution is -2.16. The van der Waals surface area contributed by atoms with Gasteiger partial charge in [0.15, 0.2) is 0 Å². The Morgan fingerprint density at radius 2 is 1.59 bits per heavy atom. The van der Waals surface area contributed by atoms with Crippen molar-refractivity contribution in [2.24, 2.45) is 5.73 Å². The molecule has 1 rings (SSSR count). The van der Waals surface area contributed by atoms with Crippen LogP contribution in [0.15, 0.2) is 39.6 Å². The van der Waals surface area contributed by atoms with Gasteiger partial charge in [0.25, 0.3) is 0 Å². The van der Waals surface area contributed by atoms with Crippen molar-refractivity contribution in [1.82, 2.24) is 0 Å². The summed E-state index contributed by atoms with van der Waals surface area (Å²) in [5.41, 5.74) is 6.10. The summed E-state index contributed by atoms with van der Waals surface area (Å²) in [4.78, 5) is 11.1. The molecule has 1 aromatic rings. The first kappa shape index (κ1) is 13.4. The smallest absolute Gasteiger partial charge is 0.245 e. The van der Waals surface area contributed by atoms with Crippen LogP contribution in [0.3, 0.4) is 0 Å². The number of allylic oxidation sites excluding steroid dienone is 1. The molecule has 4 nitrogen and oxygen atoms in total. The van der Waals surface area contributed by atoms with Crippen molar-refractivity contribution >= 4 is 15.7 Å². The fraction of sp³-hybridized carbons (Fsp3) is 0.250. The van der Waals surface area contributed by atoms with Crippen molar-refractivity contribution in [3.05, 3.63) is 40.3 Å². The van der Waals surface area contributed by atoms with Crippen LogP contribution in [0, 0.1) is 6.92 Å². The topological polar surface area (TPSA) is 77.2 Å². The van der Waals surface area contributed by atoms with Gasteiger partial charge in [-0.2, -0.15) is 0 Å². The maximum atomic E-state index is 12.1. The van der Waals surface area contributed by atoms with E-state index < -0.39 is 15.7 Å². The molecule has 5 heteroatoms. The molecule has 2 N–H and O–H groups in total. The van der Waals surface area contributed by atoms with Crippen molar-refractivity contribution < 1.29 is 13.2 Å². The van der Waals surface area contributed by atoms with Gasteiger partial charge in [-0.1, -0.05) is 17.7 Å². The number of sulfone groups is 1. The molecule has 0 aliphatic heterocycles. The standard InChI is InChI=1S/C12H15NO3S/c1-8-4-6-11(7-5-8)17(15,16)10(3)9(2)12(13)14/h4-7H,1-3H3,(H2,13,14)/b10-9+. The first-order valence-corrected chi connectivity index (χ1v) is 6.54. The quantitative estimate of drug-likeness (QED) is 0.830. The van der Waals surface area contributed by atoms with Crippen LogP contribution in [0.5, 0.6) is 0 Å². The van der Waals surface area contributed by atoms with E-state index in [0.29, 0.717) is 0 Å². The van der Waals surface area contributed by atoms with E-state index in [1.165, 1.54) is 26.0 Å². The van der Waals surface area contributed by atoms with E-state index in [2.05, 4.69) is 0 Å². The average Bonchev–Trinajstić information content (AvgIpc) is 2.27. The monoisotopic (exact) mass is 253 g/mol. The van der Waals surface area contributed by atoms with Gasteiger partial charge in [-0.15, -0.1) is 0 Å². The molecule has 17 heavy (non-hydrogen) atoms. The predicted octanol–water partition coefficient (Wildman–Crippen LogP) is 1.55. The third-order valence-corrected chi connectivity index (χ3v) is 4.64. The number of primary amides is 1. The lowest BCUT2D eigenvalue weighted by Gasteiger charge is -2.07. The van der Waals surface area contributed by atoms with Crippen molar-refractivity contribution in [1.29, 1.82) is 0 Å². The van der Waals surface area contributed by atoms with Crippen molar-refractivity contribution in [3.63, 3.8) is 0 Å². The van der Waals surface area contributed by atoms with Gasteiger partial charge in [-0.25, -0.2) is 8.42 Å². The van der Waals surface area contributed by atoms with E-state index in [1.807, 2.05) is 6.92 Å². The second kappa shape index (κ2) is 4.71. The normalized spacial score (nSPS) is 13.1. The Labute approximate surface area is 101 Å². The molecule has 0 saturated heterocycles. The zero-order valence-corrected chi connectivity index (χ0v) is 10.8. The van der Waals surface area contributed by atoms with Crippen LogP contribution in [-0.4, -0.2) is 14.3 Å². The third-order valence-electron chi connectivity index (χ3n) is 2.63. The predicted molar refractivity (Wildman–Crippen MR) is 65.9 cm³/mol. The van der Waals surface area contributed by atoms with Crippen molar-refractivity contribution in [2.75, 3.05) is 0 Å². The highest BCUT2D eigenvalue weighted by atomic mass is 32.2. The molecule has 0 atom stereocenters. The van der Waals surface area contributed by atoms with Crippen LogP contribution in [0.2, 0.25) is 0 Å². The minimum Gasteiger partial charge on any atom is -0.366 e. The van der Waals surface area contributed by atoms with Gasteiger partial charge in [0.1, 0.15) is 0 Å². The lowest BCUT2D eigenvalue weighted by atomic mass is 10.2. The number of carbonyl (C=O) groups is 1. The van der Waals surface area contributed by atoms with E-state index >= 15 is 0 Å². The van der Waals surface area contributed by atoms with Crippen LogP contribution in [-0.2, 0) is 14.6 Å². The molecule has 0 aliphatic rings. The maximum Gasteiger partial charge on any atom is 0.245 e. The molecule has 0 heterocycles. The Kier molecular flexibility index (Phi) is 3.72. The average molecular weight is 253 g/mol.